The number of aromatic nitrogens is 1. The molecule has 0 atom stereocenters. The lowest BCUT2D eigenvalue weighted by molar-refractivity contribution is 0.155. The molecule has 0 aliphatic heterocycles. The van der Waals surface area contributed by atoms with Crippen LogP contribution in [0.5, 0.6) is 0 Å². The number of aliphatic hydroxyl groups is 1. The summed E-state index contributed by atoms with van der Waals surface area (Å²) in [7, 11) is 0. The second-order valence-corrected chi connectivity index (χ2v) is 5.48. The molecule has 4 heteroatoms. The quantitative estimate of drug-likeness (QED) is 0.832. The molecule has 1 aliphatic carbocycles. The van der Waals surface area contributed by atoms with Gasteiger partial charge in [0.05, 0.1) is 12.1 Å². The van der Waals surface area contributed by atoms with Gasteiger partial charge in [0, 0.05) is 11.6 Å². The van der Waals surface area contributed by atoms with E-state index < -0.39 is 0 Å². The Hall–Kier alpha value is -0.610. The molecule has 1 aromatic heterocycles. The third kappa shape index (κ3) is 2.49. The molecule has 0 saturated heterocycles. The zero-order valence-electron chi connectivity index (χ0n) is 9.07. The zero-order valence-corrected chi connectivity index (χ0v) is 9.89. The number of nitrogens with one attached hydrogen (secondary N) is 1. The summed E-state index contributed by atoms with van der Waals surface area (Å²) in [6.45, 7) is 2.49. The molecule has 0 bridgehead atoms. The molecule has 3 nitrogen and oxygen atoms in total. The molecule has 1 aromatic rings. The van der Waals surface area contributed by atoms with Crippen LogP contribution in [0.4, 0.5) is 5.13 Å². The van der Waals surface area contributed by atoms with Gasteiger partial charge in [0.15, 0.2) is 5.13 Å². The maximum absolute atomic E-state index is 9.54. The van der Waals surface area contributed by atoms with Gasteiger partial charge in [0.2, 0.25) is 0 Å². The van der Waals surface area contributed by atoms with E-state index >= 15 is 0 Å². The Kier molecular flexibility index (Phi) is 3.26. The summed E-state index contributed by atoms with van der Waals surface area (Å²) in [4.78, 5) is 4.22. The van der Waals surface area contributed by atoms with Crippen LogP contribution < -0.4 is 5.32 Å². The van der Waals surface area contributed by atoms with Crippen LogP contribution in [-0.2, 0) is 0 Å². The van der Waals surface area contributed by atoms with Crippen LogP contribution in [0.1, 0.15) is 32.6 Å². The molecule has 2 N–H and O–H groups in total. The van der Waals surface area contributed by atoms with Crippen molar-refractivity contribution in [2.45, 2.75) is 38.1 Å². The van der Waals surface area contributed by atoms with E-state index in [1.807, 2.05) is 5.38 Å². The first-order valence-electron chi connectivity index (χ1n) is 5.53. The normalized spacial score (nSPS) is 31.5. The molecule has 0 aromatic carbocycles. The van der Waals surface area contributed by atoms with Gasteiger partial charge in [-0.15, -0.1) is 11.3 Å². The first-order valence-corrected chi connectivity index (χ1v) is 6.41. The topological polar surface area (TPSA) is 45.1 Å². The van der Waals surface area contributed by atoms with E-state index in [4.69, 9.17) is 0 Å². The van der Waals surface area contributed by atoms with Crippen LogP contribution in [0.3, 0.4) is 0 Å². The van der Waals surface area contributed by atoms with Crippen molar-refractivity contribution >= 4 is 16.5 Å². The van der Waals surface area contributed by atoms with Crippen LogP contribution in [0.2, 0.25) is 0 Å². The number of hydrogen-bond acceptors (Lipinski definition) is 4. The number of rotatable bonds is 3. The smallest absolute Gasteiger partial charge is 0.183 e. The molecule has 0 amide bonds. The van der Waals surface area contributed by atoms with E-state index in [2.05, 4.69) is 17.2 Å². The Morgan fingerprint density at radius 3 is 2.87 bits per heavy atom. The van der Waals surface area contributed by atoms with Crippen LogP contribution in [0.15, 0.2) is 11.6 Å². The number of aliphatic hydroxyl groups excluding tert-OH is 1. The highest BCUT2D eigenvalue weighted by atomic mass is 32.1. The summed E-state index contributed by atoms with van der Waals surface area (Å²) < 4.78 is 0. The number of anilines is 1. The Labute approximate surface area is 94.5 Å². The average molecular weight is 226 g/mol. The van der Waals surface area contributed by atoms with Crippen molar-refractivity contribution in [2.75, 3.05) is 11.9 Å². The summed E-state index contributed by atoms with van der Waals surface area (Å²) >= 11 is 1.60. The van der Waals surface area contributed by atoms with Crippen molar-refractivity contribution < 1.29 is 5.11 Å². The molecular weight excluding hydrogens is 208 g/mol. The lowest BCUT2D eigenvalue weighted by Crippen LogP contribution is -2.45. The van der Waals surface area contributed by atoms with E-state index in [9.17, 15) is 5.11 Å². The second kappa shape index (κ2) is 4.49. The molecule has 0 spiro atoms. The zero-order chi connectivity index (χ0) is 10.7. The SMILES string of the molecule is CC1CCC(CO)(Nc2nccs2)CC1. The maximum Gasteiger partial charge on any atom is 0.183 e. The average Bonchev–Trinajstić information content (AvgIpc) is 2.75. The van der Waals surface area contributed by atoms with Gasteiger partial charge in [-0.2, -0.15) is 0 Å². The monoisotopic (exact) mass is 226 g/mol. The standard InChI is InChI=1S/C11H18N2OS/c1-9-2-4-11(8-14,5-3-9)13-10-12-6-7-15-10/h6-7,9,14H,2-5,8H2,1H3,(H,12,13). The van der Waals surface area contributed by atoms with Crippen LogP contribution in [0.25, 0.3) is 0 Å². The molecule has 15 heavy (non-hydrogen) atoms. The number of thiazole rings is 1. The summed E-state index contributed by atoms with van der Waals surface area (Å²) in [6.07, 6.45) is 6.27. The first kappa shape index (κ1) is 10.9. The number of hydrogen-bond donors (Lipinski definition) is 2. The minimum absolute atomic E-state index is 0.121. The van der Waals surface area contributed by atoms with Gasteiger partial charge in [0.1, 0.15) is 0 Å². The first-order chi connectivity index (χ1) is 7.24. The van der Waals surface area contributed by atoms with E-state index in [0.29, 0.717) is 0 Å². The van der Waals surface area contributed by atoms with Crippen molar-refractivity contribution in [2.24, 2.45) is 5.92 Å². The molecule has 1 heterocycles. The number of nitrogens with zero attached hydrogens (tertiary/aromatic N) is 1. The Balaban J connectivity index is 2.02. The van der Waals surface area contributed by atoms with Crippen molar-refractivity contribution in [1.29, 1.82) is 0 Å². The van der Waals surface area contributed by atoms with Crippen LogP contribution in [-0.4, -0.2) is 22.2 Å². The molecule has 0 unspecified atom stereocenters. The van der Waals surface area contributed by atoms with Crippen molar-refractivity contribution in [3.8, 4) is 0 Å². The fourth-order valence-electron chi connectivity index (χ4n) is 2.15. The van der Waals surface area contributed by atoms with Crippen molar-refractivity contribution in [3.05, 3.63) is 11.6 Å². The Morgan fingerprint density at radius 2 is 2.33 bits per heavy atom. The molecule has 0 radical (unpaired) electrons. The van der Waals surface area contributed by atoms with Crippen molar-refractivity contribution in [3.63, 3.8) is 0 Å². The lowest BCUT2D eigenvalue weighted by Gasteiger charge is -2.38. The fourth-order valence-corrected chi connectivity index (χ4v) is 2.80. The fraction of sp³-hybridized carbons (Fsp3) is 0.727. The highest BCUT2D eigenvalue weighted by molar-refractivity contribution is 7.13. The van der Waals surface area contributed by atoms with Gasteiger partial charge < -0.3 is 10.4 Å². The maximum atomic E-state index is 9.54. The highest BCUT2D eigenvalue weighted by Gasteiger charge is 2.33. The van der Waals surface area contributed by atoms with Crippen LogP contribution >= 0.6 is 11.3 Å². The molecule has 1 saturated carbocycles. The molecule has 1 aliphatic rings. The minimum Gasteiger partial charge on any atom is -0.394 e. The van der Waals surface area contributed by atoms with Gasteiger partial charge in [-0.1, -0.05) is 6.92 Å². The summed E-state index contributed by atoms with van der Waals surface area (Å²) in [5.41, 5.74) is -0.121. The summed E-state index contributed by atoms with van der Waals surface area (Å²) in [6, 6.07) is 0. The lowest BCUT2D eigenvalue weighted by atomic mass is 9.78. The van der Waals surface area contributed by atoms with Crippen LogP contribution in [0, 0.1) is 5.92 Å². The predicted molar refractivity (Wildman–Crippen MR) is 63.2 cm³/mol. The van der Waals surface area contributed by atoms with E-state index in [0.717, 1.165) is 23.9 Å². The minimum atomic E-state index is -0.121. The molecule has 84 valence electrons. The Morgan fingerprint density at radius 1 is 1.60 bits per heavy atom. The predicted octanol–water partition coefficient (Wildman–Crippen LogP) is 2.50. The molecule has 2 rings (SSSR count). The van der Waals surface area contributed by atoms with Gasteiger partial charge in [-0.05, 0) is 31.6 Å². The molecule has 1 fully saturated rings. The van der Waals surface area contributed by atoms with E-state index in [1.54, 1.807) is 17.5 Å². The van der Waals surface area contributed by atoms with Gasteiger partial charge in [-0.3, -0.25) is 0 Å². The highest BCUT2D eigenvalue weighted by Crippen LogP contribution is 2.34. The van der Waals surface area contributed by atoms with E-state index in [-0.39, 0.29) is 12.1 Å². The van der Waals surface area contributed by atoms with Gasteiger partial charge in [0.25, 0.3) is 0 Å². The Bertz CT molecular complexity index is 292. The third-order valence-corrected chi connectivity index (χ3v) is 4.03. The summed E-state index contributed by atoms with van der Waals surface area (Å²) in [5, 5.41) is 15.8. The van der Waals surface area contributed by atoms with Gasteiger partial charge in [-0.25, -0.2) is 4.98 Å². The largest absolute Gasteiger partial charge is 0.394 e. The summed E-state index contributed by atoms with van der Waals surface area (Å²) in [5.74, 6) is 0.794. The van der Waals surface area contributed by atoms with E-state index in [1.165, 1.54) is 12.8 Å². The van der Waals surface area contributed by atoms with Crippen molar-refractivity contribution in [1.82, 2.24) is 4.98 Å². The second-order valence-electron chi connectivity index (χ2n) is 4.58. The molecular formula is C11H18N2OS. The third-order valence-electron chi connectivity index (χ3n) is 3.34. The van der Waals surface area contributed by atoms with Gasteiger partial charge >= 0.3 is 0 Å².